The van der Waals surface area contributed by atoms with Gasteiger partial charge >= 0.3 is 12.1 Å². The minimum Gasteiger partial charge on any atom is -0.458 e. The molecule has 0 aliphatic carbocycles. The summed E-state index contributed by atoms with van der Waals surface area (Å²) in [6.45, 7) is 33.3. The van der Waals surface area contributed by atoms with Crippen LogP contribution in [0.25, 0.3) is 0 Å². The highest BCUT2D eigenvalue weighted by molar-refractivity contribution is 5.99. The standard InChI is InChI=1S/C67H119N11O15/c1-27-28-29-42(14)55(80)54-65(90)92-45(17)52(72-66(91)93-67(18,19)20)63(88)73(21)35-51(79)74(22)48(32-38(6)7)58(83)70-46(30-36(2)3)61(86)76(24)49(33-39(8)9)57(82)68-43(15)56(81)69-44(16)60(85)75(23)50(34-40(10)11)59(84)71-47(31-37(4)5)62(87)77(25)53(41(12)13)64(89)78(54)26/h27-28,36-50,52-55,80H,29-35H2,1-26H3,(H,68,82)(H,69,81)(H,70,83)(H,71,84)(H,72,91)/b28-27+/t42-,43+,44-,45-,46+,47+,48+,49+,50+,52+,53+,54+,55-/m1/s1. The average molecular weight is 1320 g/mol. The lowest BCUT2D eigenvalue weighted by molar-refractivity contribution is -0.169. The van der Waals surface area contributed by atoms with Crippen LogP contribution in [-0.4, -0.2) is 233 Å². The summed E-state index contributed by atoms with van der Waals surface area (Å²) in [7, 11) is 8.09. The first kappa shape index (κ1) is 84.2. The van der Waals surface area contributed by atoms with Crippen molar-refractivity contribution in [2.45, 2.75) is 255 Å². The Balaban J connectivity index is 4.46. The predicted octanol–water partition coefficient (Wildman–Crippen LogP) is 4.25. The van der Waals surface area contributed by atoms with Crippen LogP contribution in [-0.2, 0) is 62.2 Å². The van der Waals surface area contributed by atoms with Crippen molar-refractivity contribution in [1.82, 2.24) is 56.0 Å². The van der Waals surface area contributed by atoms with Gasteiger partial charge in [-0.2, -0.15) is 0 Å². The molecule has 26 nitrogen and oxygen atoms in total. The van der Waals surface area contributed by atoms with E-state index in [0.29, 0.717) is 0 Å². The van der Waals surface area contributed by atoms with E-state index in [9.17, 15) is 53.1 Å². The number of aliphatic hydroxyl groups excluding tert-OH is 1. The molecule has 0 bridgehead atoms. The summed E-state index contributed by atoms with van der Waals surface area (Å²) in [6.07, 6.45) is -0.107. The number of hydrogen-bond donors (Lipinski definition) is 6. The SMILES string of the molecule is C/C=C/C[C@@H](C)[C@@H](O)[C@H]1C(=O)O[C@H](C)[C@H](NC(=O)OC(C)(C)C)C(=O)N(C)CC(=O)N(C)[C@@H](CC(C)C)C(=O)N[C@@H](CC(C)C)C(=O)N(C)[C@@H](CC(C)C)C(=O)N[C@@H](C)C(=O)N[C@H](C)C(=O)N(C)[C@@H](CC(C)C)C(=O)N[C@@H](CC(C)C)C(=O)N(C)[C@@H](C(C)C)C(=O)N1C. The molecule has 1 heterocycles. The molecule has 1 fully saturated rings. The van der Waals surface area contributed by atoms with Gasteiger partial charge in [0, 0.05) is 42.3 Å². The van der Waals surface area contributed by atoms with Gasteiger partial charge in [0.15, 0.2) is 6.04 Å². The second kappa shape index (κ2) is 37.9. The van der Waals surface area contributed by atoms with E-state index in [0.717, 1.165) is 14.7 Å². The van der Waals surface area contributed by atoms with E-state index in [1.54, 1.807) is 60.6 Å². The van der Waals surface area contributed by atoms with Crippen LogP contribution < -0.4 is 26.6 Å². The number of hydrogen-bond acceptors (Lipinski definition) is 15. The van der Waals surface area contributed by atoms with Crippen LogP contribution >= 0.6 is 0 Å². The molecule has 13 atom stereocenters. The second-order valence-electron chi connectivity index (χ2n) is 28.9. The van der Waals surface area contributed by atoms with Crippen LogP contribution in [0, 0.1) is 41.4 Å². The number of allylic oxidation sites excluding steroid dienone is 2. The van der Waals surface area contributed by atoms with Gasteiger partial charge < -0.3 is 70.6 Å². The zero-order chi connectivity index (χ0) is 72.2. The molecule has 93 heavy (non-hydrogen) atoms. The molecule has 0 saturated carbocycles. The van der Waals surface area contributed by atoms with Gasteiger partial charge in [-0.25, -0.2) is 9.59 Å². The zero-order valence-electron chi connectivity index (χ0n) is 60.9. The Labute approximate surface area is 554 Å². The topological polar surface area (TPSA) is 323 Å². The Morgan fingerprint density at radius 2 is 0.946 bits per heavy atom. The summed E-state index contributed by atoms with van der Waals surface area (Å²) in [5.74, 6) is -10.9. The predicted molar refractivity (Wildman–Crippen MR) is 355 cm³/mol. The molecule has 0 unspecified atom stereocenters. The molecule has 1 rings (SSSR count). The van der Waals surface area contributed by atoms with Crippen LogP contribution in [0.5, 0.6) is 0 Å². The van der Waals surface area contributed by atoms with Gasteiger partial charge in [-0.05, 0) is 128 Å². The lowest BCUT2D eigenvalue weighted by Crippen LogP contribution is -2.62. The van der Waals surface area contributed by atoms with Crippen molar-refractivity contribution >= 4 is 71.1 Å². The lowest BCUT2D eigenvalue weighted by atomic mass is 9.92. The number of nitrogens with zero attached hydrogens (tertiary/aromatic N) is 6. The fourth-order valence-corrected chi connectivity index (χ4v) is 11.1. The maximum atomic E-state index is 15.2. The summed E-state index contributed by atoms with van der Waals surface area (Å²) in [6, 6.07) is -13.5. The van der Waals surface area contributed by atoms with Gasteiger partial charge in [0.05, 0.1) is 12.6 Å². The summed E-state index contributed by atoms with van der Waals surface area (Å²) >= 11 is 0. The monoisotopic (exact) mass is 1320 g/mol. The lowest BCUT2D eigenvalue weighted by Gasteiger charge is -2.40. The highest BCUT2D eigenvalue weighted by atomic mass is 16.6. The number of amides is 11. The van der Waals surface area contributed by atoms with Gasteiger partial charge in [0.2, 0.25) is 59.1 Å². The van der Waals surface area contributed by atoms with Crippen molar-refractivity contribution in [3.63, 3.8) is 0 Å². The normalized spacial score (nSPS) is 26.5. The first-order chi connectivity index (χ1) is 42.7. The number of carbonyl (C=O) groups excluding carboxylic acids is 12. The zero-order valence-corrected chi connectivity index (χ0v) is 60.9. The molecule has 1 aliphatic heterocycles. The van der Waals surface area contributed by atoms with Gasteiger partial charge in [-0.3, -0.25) is 47.9 Å². The van der Waals surface area contributed by atoms with Gasteiger partial charge in [-0.1, -0.05) is 102 Å². The number of nitrogens with one attached hydrogen (secondary N) is 5. The molecule has 0 spiro atoms. The maximum absolute atomic E-state index is 15.2. The number of rotatable bonds is 16. The number of alkyl carbamates (subject to hydrolysis) is 1. The van der Waals surface area contributed by atoms with E-state index in [1.807, 2.05) is 69.2 Å². The Morgan fingerprint density at radius 1 is 0.548 bits per heavy atom. The smallest absolute Gasteiger partial charge is 0.408 e. The Bertz CT molecular complexity index is 2590. The first-order valence-electron chi connectivity index (χ1n) is 33.0. The quantitative estimate of drug-likeness (QED) is 0.0930. The summed E-state index contributed by atoms with van der Waals surface area (Å²) in [5, 5.41) is 25.7. The molecule has 0 aromatic rings. The molecule has 26 heteroatoms. The third kappa shape index (κ3) is 26.1. The van der Waals surface area contributed by atoms with Gasteiger partial charge in [-0.15, -0.1) is 0 Å². The molecule has 1 saturated heterocycles. The van der Waals surface area contributed by atoms with Crippen molar-refractivity contribution in [2.75, 3.05) is 48.8 Å². The highest BCUT2D eigenvalue weighted by Crippen LogP contribution is 2.25. The van der Waals surface area contributed by atoms with E-state index in [-0.39, 0.29) is 68.1 Å². The third-order valence-corrected chi connectivity index (χ3v) is 16.4. The molecular formula is C67H119N11O15. The van der Waals surface area contributed by atoms with E-state index >= 15 is 9.59 Å². The van der Waals surface area contributed by atoms with E-state index in [2.05, 4.69) is 26.6 Å². The maximum Gasteiger partial charge on any atom is 0.408 e. The minimum atomic E-state index is -1.82. The van der Waals surface area contributed by atoms with Crippen molar-refractivity contribution in [1.29, 1.82) is 0 Å². The minimum absolute atomic E-state index is 0.0763. The molecule has 532 valence electrons. The molecular weight excluding hydrogens is 1200 g/mol. The van der Waals surface area contributed by atoms with E-state index in [1.165, 1.54) is 77.8 Å². The van der Waals surface area contributed by atoms with Gasteiger partial charge in [0.1, 0.15) is 66.1 Å². The van der Waals surface area contributed by atoms with Crippen LogP contribution in [0.1, 0.15) is 177 Å². The highest BCUT2D eigenvalue weighted by Gasteiger charge is 2.46. The van der Waals surface area contributed by atoms with Crippen molar-refractivity contribution in [3.05, 3.63) is 12.2 Å². The van der Waals surface area contributed by atoms with Crippen LogP contribution in [0.15, 0.2) is 12.2 Å². The first-order valence-corrected chi connectivity index (χ1v) is 33.0. The number of cyclic esters (lactones) is 1. The van der Waals surface area contributed by atoms with Crippen LogP contribution in [0.3, 0.4) is 0 Å². The average Bonchev–Trinajstić information content (AvgIpc) is 0.820. The molecule has 0 aromatic carbocycles. The Morgan fingerprint density at radius 3 is 1.37 bits per heavy atom. The fraction of sp³-hybridized carbons (Fsp3) is 0.791. The third-order valence-electron chi connectivity index (χ3n) is 16.4. The molecule has 1 aliphatic rings. The largest absolute Gasteiger partial charge is 0.458 e. The summed E-state index contributed by atoms with van der Waals surface area (Å²) in [4.78, 5) is 181. The van der Waals surface area contributed by atoms with Crippen LogP contribution in [0.2, 0.25) is 0 Å². The number of likely N-dealkylation sites (N-methyl/N-ethyl adjacent to an activating group) is 6. The second-order valence-corrected chi connectivity index (χ2v) is 28.9. The molecule has 0 aromatic heterocycles. The molecule has 0 radical (unpaired) electrons. The molecule has 11 amide bonds. The number of aliphatic hydroxyl groups is 1. The van der Waals surface area contributed by atoms with Crippen LogP contribution in [0.4, 0.5) is 4.79 Å². The number of esters is 1. The van der Waals surface area contributed by atoms with Gasteiger partial charge in [0.25, 0.3) is 0 Å². The number of carbonyl (C=O) groups is 12. The summed E-state index contributed by atoms with van der Waals surface area (Å²) in [5.41, 5.74) is -1.09. The van der Waals surface area contributed by atoms with E-state index in [4.69, 9.17) is 9.47 Å². The van der Waals surface area contributed by atoms with E-state index < -0.39 is 168 Å². The van der Waals surface area contributed by atoms with Crippen molar-refractivity contribution in [3.8, 4) is 0 Å². The summed E-state index contributed by atoms with van der Waals surface area (Å²) < 4.78 is 11.6. The Kier molecular flexibility index (Phi) is 34.3. The Hall–Kier alpha value is -6.86. The van der Waals surface area contributed by atoms with Crippen molar-refractivity contribution < 1.29 is 72.1 Å². The molecule has 6 N–H and O–H groups in total. The number of ether oxygens (including phenoxy) is 2. The van der Waals surface area contributed by atoms with Crippen molar-refractivity contribution in [2.24, 2.45) is 41.4 Å². The fourth-order valence-electron chi connectivity index (χ4n) is 11.1.